The minimum absolute atomic E-state index is 0.219. The Morgan fingerprint density at radius 2 is 2.20 bits per heavy atom. The van der Waals surface area contributed by atoms with Gasteiger partial charge in [-0.05, 0) is 18.4 Å². The van der Waals surface area contributed by atoms with Crippen LogP contribution >= 0.6 is 11.8 Å². The van der Waals surface area contributed by atoms with E-state index in [4.69, 9.17) is 14.6 Å². The molecule has 1 atom stereocenters. The summed E-state index contributed by atoms with van der Waals surface area (Å²) in [6, 6.07) is 3.87. The zero-order valence-electron chi connectivity index (χ0n) is 8.77. The molecule has 1 aromatic heterocycles. The Morgan fingerprint density at radius 3 is 2.87 bits per heavy atom. The van der Waals surface area contributed by atoms with Crippen LogP contribution in [0.25, 0.3) is 0 Å². The molecule has 5 heteroatoms. The second kappa shape index (κ2) is 6.90. The zero-order valence-corrected chi connectivity index (χ0v) is 9.59. The number of hydrogen-bond acceptors (Lipinski definition) is 5. The number of thioether (sulfide) groups is 1. The lowest BCUT2D eigenvalue weighted by atomic mass is 10.3. The molecular weight excluding hydrogens is 214 g/mol. The van der Waals surface area contributed by atoms with E-state index in [0.29, 0.717) is 13.1 Å². The molecule has 1 unspecified atom stereocenters. The maximum Gasteiger partial charge on any atom is 0.118 e. The van der Waals surface area contributed by atoms with Crippen molar-refractivity contribution >= 4 is 11.8 Å². The van der Waals surface area contributed by atoms with Crippen molar-refractivity contribution in [3.63, 3.8) is 0 Å². The fraction of sp³-hybridized carbons (Fsp3) is 0.600. The lowest BCUT2D eigenvalue weighted by Gasteiger charge is -2.06. The SMILES string of the molecule is CSCc1ccc(CNCC(O)CO)o1. The highest BCUT2D eigenvalue weighted by atomic mass is 32.2. The van der Waals surface area contributed by atoms with Gasteiger partial charge in [-0.3, -0.25) is 0 Å². The summed E-state index contributed by atoms with van der Waals surface area (Å²) < 4.78 is 5.51. The number of nitrogens with one attached hydrogen (secondary N) is 1. The largest absolute Gasteiger partial charge is 0.464 e. The lowest BCUT2D eigenvalue weighted by molar-refractivity contribution is 0.0938. The zero-order chi connectivity index (χ0) is 11.1. The third kappa shape index (κ3) is 4.70. The summed E-state index contributed by atoms with van der Waals surface area (Å²) in [5, 5.41) is 20.7. The van der Waals surface area contributed by atoms with Crippen molar-refractivity contribution in [2.24, 2.45) is 0 Å². The van der Waals surface area contributed by atoms with E-state index in [2.05, 4.69) is 5.32 Å². The van der Waals surface area contributed by atoms with Crippen molar-refractivity contribution in [2.75, 3.05) is 19.4 Å². The van der Waals surface area contributed by atoms with Gasteiger partial charge in [-0.1, -0.05) is 0 Å². The highest BCUT2D eigenvalue weighted by Gasteiger charge is 2.03. The minimum Gasteiger partial charge on any atom is -0.464 e. The van der Waals surface area contributed by atoms with E-state index in [0.717, 1.165) is 17.3 Å². The first-order chi connectivity index (χ1) is 7.26. The van der Waals surface area contributed by atoms with Gasteiger partial charge in [0.1, 0.15) is 11.5 Å². The predicted molar refractivity (Wildman–Crippen MR) is 60.7 cm³/mol. The Hall–Kier alpha value is -0.490. The smallest absolute Gasteiger partial charge is 0.118 e. The number of aliphatic hydroxyl groups excluding tert-OH is 2. The van der Waals surface area contributed by atoms with Crippen LogP contribution < -0.4 is 5.32 Å². The van der Waals surface area contributed by atoms with E-state index >= 15 is 0 Å². The first kappa shape index (κ1) is 12.6. The number of aliphatic hydroxyl groups is 2. The van der Waals surface area contributed by atoms with Crippen LogP contribution in [0, 0.1) is 0 Å². The highest BCUT2D eigenvalue weighted by molar-refractivity contribution is 7.97. The maximum atomic E-state index is 9.08. The molecule has 15 heavy (non-hydrogen) atoms. The lowest BCUT2D eigenvalue weighted by Crippen LogP contribution is -2.28. The molecule has 86 valence electrons. The molecule has 0 aliphatic carbocycles. The van der Waals surface area contributed by atoms with Crippen molar-refractivity contribution in [3.8, 4) is 0 Å². The van der Waals surface area contributed by atoms with Gasteiger partial charge in [0.25, 0.3) is 0 Å². The molecule has 0 saturated heterocycles. The molecule has 0 amide bonds. The molecule has 0 saturated carbocycles. The average molecular weight is 231 g/mol. The minimum atomic E-state index is -0.703. The molecule has 0 aromatic carbocycles. The molecule has 0 aliphatic heterocycles. The van der Waals surface area contributed by atoms with Gasteiger partial charge in [0.05, 0.1) is 25.0 Å². The Labute approximate surface area is 93.7 Å². The van der Waals surface area contributed by atoms with Crippen molar-refractivity contribution < 1.29 is 14.6 Å². The molecule has 0 aliphatic rings. The molecule has 0 spiro atoms. The monoisotopic (exact) mass is 231 g/mol. The number of rotatable bonds is 7. The van der Waals surface area contributed by atoms with Gasteiger partial charge in [0.2, 0.25) is 0 Å². The summed E-state index contributed by atoms with van der Waals surface area (Å²) in [6.45, 7) is 0.726. The molecule has 0 fully saturated rings. The van der Waals surface area contributed by atoms with Gasteiger partial charge in [-0.15, -0.1) is 0 Å². The van der Waals surface area contributed by atoms with Crippen LogP contribution in [-0.2, 0) is 12.3 Å². The maximum absolute atomic E-state index is 9.08. The number of hydrogen-bond donors (Lipinski definition) is 3. The third-order valence-electron chi connectivity index (χ3n) is 1.89. The van der Waals surface area contributed by atoms with Crippen LogP contribution in [0.15, 0.2) is 16.5 Å². The molecule has 0 radical (unpaired) electrons. The first-order valence-electron chi connectivity index (χ1n) is 4.82. The fourth-order valence-electron chi connectivity index (χ4n) is 1.16. The second-order valence-corrected chi connectivity index (χ2v) is 4.13. The summed E-state index contributed by atoms with van der Waals surface area (Å²) in [5.41, 5.74) is 0. The Bertz CT molecular complexity index is 277. The summed E-state index contributed by atoms with van der Waals surface area (Å²) >= 11 is 1.71. The molecule has 1 heterocycles. The van der Waals surface area contributed by atoms with Gasteiger partial charge in [-0.2, -0.15) is 11.8 Å². The van der Waals surface area contributed by atoms with Crippen molar-refractivity contribution in [2.45, 2.75) is 18.4 Å². The molecule has 3 N–H and O–H groups in total. The van der Waals surface area contributed by atoms with Crippen LogP contribution in [0.5, 0.6) is 0 Å². The predicted octanol–water partition coefficient (Wildman–Crippen LogP) is 0.585. The van der Waals surface area contributed by atoms with E-state index in [9.17, 15) is 0 Å². The molecular formula is C10H17NO3S. The molecule has 1 rings (SSSR count). The average Bonchev–Trinajstić information content (AvgIpc) is 2.66. The van der Waals surface area contributed by atoms with Gasteiger partial charge in [0, 0.05) is 6.54 Å². The van der Waals surface area contributed by atoms with E-state index < -0.39 is 6.10 Å². The van der Waals surface area contributed by atoms with E-state index in [1.165, 1.54) is 0 Å². The van der Waals surface area contributed by atoms with Crippen molar-refractivity contribution in [1.82, 2.24) is 5.32 Å². The summed E-state index contributed by atoms with van der Waals surface area (Å²) in [5.74, 6) is 2.69. The van der Waals surface area contributed by atoms with E-state index in [1.54, 1.807) is 11.8 Å². The molecule has 1 aromatic rings. The number of furan rings is 1. The van der Waals surface area contributed by atoms with E-state index in [1.807, 2.05) is 18.4 Å². The van der Waals surface area contributed by atoms with Crippen LogP contribution in [0.2, 0.25) is 0 Å². The fourth-order valence-corrected chi connectivity index (χ4v) is 1.60. The summed E-state index contributed by atoms with van der Waals surface area (Å²) in [6.07, 6.45) is 1.32. The Kier molecular flexibility index (Phi) is 5.78. The van der Waals surface area contributed by atoms with Gasteiger partial charge < -0.3 is 19.9 Å². The highest BCUT2D eigenvalue weighted by Crippen LogP contribution is 2.12. The van der Waals surface area contributed by atoms with Crippen molar-refractivity contribution in [3.05, 3.63) is 23.7 Å². The molecule has 0 bridgehead atoms. The van der Waals surface area contributed by atoms with Gasteiger partial charge in [-0.25, -0.2) is 0 Å². The van der Waals surface area contributed by atoms with E-state index in [-0.39, 0.29) is 6.61 Å². The Balaban J connectivity index is 2.25. The first-order valence-corrected chi connectivity index (χ1v) is 6.21. The third-order valence-corrected chi connectivity index (χ3v) is 2.47. The summed E-state index contributed by atoms with van der Waals surface area (Å²) in [7, 11) is 0. The Morgan fingerprint density at radius 1 is 1.47 bits per heavy atom. The van der Waals surface area contributed by atoms with Crippen LogP contribution in [-0.4, -0.2) is 35.7 Å². The van der Waals surface area contributed by atoms with Gasteiger partial charge in [0.15, 0.2) is 0 Å². The van der Waals surface area contributed by atoms with Crippen LogP contribution in [0.4, 0.5) is 0 Å². The molecule has 4 nitrogen and oxygen atoms in total. The quantitative estimate of drug-likeness (QED) is 0.641. The van der Waals surface area contributed by atoms with Crippen molar-refractivity contribution in [1.29, 1.82) is 0 Å². The topological polar surface area (TPSA) is 65.6 Å². The van der Waals surface area contributed by atoms with Gasteiger partial charge >= 0.3 is 0 Å². The van der Waals surface area contributed by atoms with Crippen LogP contribution in [0.1, 0.15) is 11.5 Å². The van der Waals surface area contributed by atoms with Crippen LogP contribution in [0.3, 0.4) is 0 Å². The summed E-state index contributed by atoms with van der Waals surface area (Å²) in [4.78, 5) is 0. The standard InChI is InChI=1S/C10H17NO3S/c1-15-7-10-3-2-9(14-10)5-11-4-8(13)6-12/h2-3,8,11-13H,4-7H2,1H3. The normalized spacial score (nSPS) is 13.0. The second-order valence-electron chi connectivity index (χ2n) is 3.27.